The Balaban J connectivity index is 1.52. The Bertz CT molecular complexity index is 967. The molecule has 0 N–H and O–H groups in total. The van der Waals surface area contributed by atoms with Crippen LogP contribution in [0.5, 0.6) is 5.75 Å². The zero-order valence-electron chi connectivity index (χ0n) is 17.8. The smallest absolute Gasteiger partial charge is 0.434 e. The Labute approximate surface area is 184 Å². The quantitative estimate of drug-likeness (QED) is 0.133. The molecule has 3 rings (SSSR count). The molecule has 3 aromatic rings. The van der Waals surface area contributed by atoms with Gasteiger partial charge in [-0.05, 0) is 35.4 Å². The van der Waals surface area contributed by atoms with Gasteiger partial charge in [-0.3, -0.25) is 0 Å². The van der Waals surface area contributed by atoms with Gasteiger partial charge in [0.15, 0.2) is 0 Å². The molecule has 30 heavy (non-hydrogen) atoms. The van der Waals surface area contributed by atoms with E-state index in [2.05, 4.69) is 13.0 Å². The van der Waals surface area contributed by atoms with Gasteiger partial charge in [-0.1, -0.05) is 100 Å². The third kappa shape index (κ3) is 6.37. The van der Waals surface area contributed by atoms with E-state index < -0.39 is 6.16 Å². The predicted molar refractivity (Wildman–Crippen MR) is 126 cm³/mol. The number of ether oxygens (including phenoxy) is 2. The molecule has 0 radical (unpaired) electrons. The fraction of sp³-hybridized carbons (Fsp3) is 0.423. The highest BCUT2D eigenvalue weighted by atomic mass is 35.5. The van der Waals surface area contributed by atoms with E-state index in [0.717, 1.165) is 34.4 Å². The molecule has 0 saturated carbocycles. The fourth-order valence-corrected chi connectivity index (χ4v) is 3.96. The Kier molecular flexibility index (Phi) is 8.82. The molecule has 0 spiro atoms. The molecule has 160 valence electrons. The number of rotatable bonds is 11. The van der Waals surface area contributed by atoms with E-state index in [1.165, 1.54) is 44.9 Å². The number of hydrogen-bond donors (Lipinski definition) is 0. The maximum Gasteiger partial charge on any atom is 0.513 e. The summed E-state index contributed by atoms with van der Waals surface area (Å²) in [5.74, 6) is 0.502. The van der Waals surface area contributed by atoms with Gasteiger partial charge in [-0.25, -0.2) is 4.79 Å². The van der Waals surface area contributed by atoms with Gasteiger partial charge in [0, 0.05) is 15.8 Å². The highest BCUT2D eigenvalue weighted by Crippen LogP contribution is 2.36. The van der Waals surface area contributed by atoms with Crippen molar-refractivity contribution in [2.24, 2.45) is 0 Å². The van der Waals surface area contributed by atoms with Gasteiger partial charge in [0.2, 0.25) is 0 Å². The predicted octanol–water partition coefficient (Wildman–Crippen LogP) is 8.69. The minimum absolute atomic E-state index is 0.387. The standard InChI is InChI=1S/C26H31ClO3/c1-2-3-4-5-6-7-8-9-12-17-29-26(28)30-25-23-14-11-10-13-20(23)18-21-15-16-22(27)19-24(21)25/h10-11,13-16,18-19H,2-9,12,17H2,1H3. The van der Waals surface area contributed by atoms with Crippen LogP contribution in [0.2, 0.25) is 5.02 Å². The van der Waals surface area contributed by atoms with E-state index >= 15 is 0 Å². The number of unbranched alkanes of at least 4 members (excludes halogenated alkanes) is 8. The lowest BCUT2D eigenvalue weighted by atomic mass is 10.0. The molecule has 0 amide bonds. The number of carbonyl (C=O) groups is 1. The SMILES string of the molecule is CCCCCCCCCCCOC(=O)Oc1c2ccccc2cc2ccc(Cl)cc12. The summed E-state index contributed by atoms with van der Waals surface area (Å²) >= 11 is 6.19. The zero-order valence-corrected chi connectivity index (χ0v) is 18.5. The molecule has 0 saturated heterocycles. The number of hydrogen-bond acceptors (Lipinski definition) is 3. The summed E-state index contributed by atoms with van der Waals surface area (Å²) in [6, 6.07) is 15.5. The van der Waals surface area contributed by atoms with Gasteiger partial charge < -0.3 is 9.47 Å². The lowest BCUT2D eigenvalue weighted by Gasteiger charge is -2.12. The highest BCUT2D eigenvalue weighted by Gasteiger charge is 2.14. The monoisotopic (exact) mass is 426 g/mol. The van der Waals surface area contributed by atoms with Gasteiger partial charge in [0.1, 0.15) is 5.75 Å². The average molecular weight is 427 g/mol. The lowest BCUT2D eigenvalue weighted by molar-refractivity contribution is 0.0982. The highest BCUT2D eigenvalue weighted by molar-refractivity contribution is 6.31. The van der Waals surface area contributed by atoms with E-state index in [-0.39, 0.29) is 0 Å². The normalized spacial score (nSPS) is 11.1. The van der Waals surface area contributed by atoms with E-state index in [1.54, 1.807) is 0 Å². The summed E-state index contributed by atoms with van der Waals surface area (Å²) < 4.78 is 11.0. The molecular formula is C26H31ClO3. The van der Waals surface area contributed by atoms with Crippen molar-refractivity contribution in [1.82, 2.24) is 0 Å². The molecule has 3 nitrogen and oxygen atoms in total. The average Bonchev–Trinajstić information content (AvgIpc) is 2.75. The van der Waals surface area contributed by atoms with Crippen LogP contribution >= 0.6 is 11.6 Å². The summed E-state index contributed by atoms with van der Waals surface area (Å²) in [5.41, 5.74) is 0. The fourth-order valence-electron chi connectivity index (χ4n) is 3.78. The van der Waals surface area contributed by atoms with Crippen molar-refractivity contribution in [1.29, 1.82) is 0 Å². The van der Waals surface area contributed by atoms with Gasteiger partial charge in [-0.2, -0.15) is 0 Å². The molecular weight excluding hydrogens is 396 g/mol. The third-order valence-electron chi connectivity index (χ3n) is 5.43. The van der Waals surface area contributed by atoms with Crippen molar-refractivity contribution in [2.75, 3.05) is 6.61 Å². The topological polar surface area (TPSA) is 35.5 Å². The second-order valence-electron chi connectivity index (χ2n) is 7.82. The van der Waals surface area contributed by atoms with Crippen LogP contribution in [-0.2, 0) is 4.74 Å². The second-order valence-corrected chi connectivity index (χ2v) is 8.26. The van der Waals surface area contributed by atoms with Crippen molar-refractivity contribution in [3.05, 3.63) is 53.6 Å². The van der Waals surface area contributed by atoms with Crippen LogP contribution in [0, 0.1) is 0 Å². The molecule has 0 aliphatic heterocycles. The molecule has 4 heteroatoms. The molecule has 3 aromatic carbocycles. The van der Waals surface area contributed by atoms with Crippen LogP contribution in [0.1, 0.15) is 64.7 Å². The second kappa shape index (κ2) is 11.8. The molecule has 0 heterocycles. The molecule has 0 bridgehead atoms. The molecule has 0 unspecified atom stereocenters. The van der Waals surface area contributed by atoms with E-state index in [0.29, 0.717) is 17.4 Å². The van der Waals surface area contributed by atoms with Gasteiger partial charge in [0.05, 0.1) is 6.61 Å². The summed E-state index contributed by atoms with van der Waals surface area (Å²) in [4.78, 5) is 12.3. The van der Waals surface area contributed by atoms with Crippen molar-refractivity contribution in [3.8, 4) is 5.75 Å². The van der Waals surface area contributed by atoms with Crippen molar-refractivity contribution >= 4 is 39.3 Å². The molecule has 0 atom stereocenters. The minimum Gasteiger partial charge on any atom is -0.434 e. The maximum absolute atomic E-state index is 12.3. The minimum atomic E-state index is -0.660. The van der Waals surface area contributed by atoms with Crippen LogP contribution in [0.25, 0.3) is 21.5 Å². The molecule has 0 aromatic heterocycles. The molecule has 0 fully saturated rings. The van der Waals surface area contributed by atoms with Crippen LogP contribution in [-0.4, -0.2) is 12.8 Å². The van der Waals surface area contributed by atoms with E-state index in [1.807, 2.05) is 42.5 Å². The van der Waals surface area contributed by atoms with Crippen molar-refractivity contribution in [3.63, 3.8) is 0 Å². The summed E-state index contributed by atoms with van der Waals surface area (Å²) in [6.45, 7) is 2.63. The van der Waals surface area contributed by atoms with Crippen molar-refractivity contribution < 1.29 is 14.3 Å². The summed E-state index contributed by atoms with van der Waals surface area (Å²) in [5, 5.41) is 4.26. The number of fused-ring (bicyclic) bond motifs is 2. The first-order valence-corrected chi connectivity index (χ1v) is 11.5. The Morgan fingerprint density at radius 3 is 2.23 bits per heavy atom. The summed E-state index contributed by atoms with van der Waals surface area (Å²) in [7, 11) is 0. The molecule has 0 aliphatic rings. The van der Waals surface area contributed by atoms with Crippen LogP contribution in [0.3, 0.4) is 0 Å². The Morgan fingerprint density at radius 1 is 0.800 bits per heavy atom. The number of halogens is 1. The summed E-state index contributed by atoms with van der Waals surface area (Å²) in [6.07, 6.45) is 10.3. The van der Waals surface area contributed by atoms with Crippen LogP contribution < -0.4 is 4.74 Å². The van der Waals surface area contributed by atoms with Crippen molar-refractivity contribution in [2.45, 2.75) is 64.7 Å². The largest absolute Gasteiger partial charge is 0.513 e. The third-order valence-corrected chi connectivity index (χ3v) is 5.66. The molecule has 0 aliphatic carbocycles. The van der Waals surface area contributed by atoms with E-state index in [9.17, 15) is 4.79 Å². The Hall–Kier alpha value is -2.26. The zero-order chi connectivity index (χ0) is 21.2. The number of benzene rings is 3. The van der Waals surface area contributed by atoms with Gasteiger partial charge in [-0.15, -0.1) is 0 Å². The first-order valence-electron chi connectivity index (χ1n) is 11.1. The number of carbonyl (C=O) groups excluding carboxylic acids is 1. The van der Waals surface area contributed by atoms with E-state index in [4.69, 9.17) is 21.1 Å². The maximum atomic E-state index is 12.3. The first-order chi connectivity index (χ1) is 14.7. The lowest BCUT2D eigenvalue weighted by Crippen LogP contribution is -2.12. The van der Waals surface area contributed by atoms with Gasteiger partial charge >= 0.3 is 6.16 Å². The van der Waals surface area contributed by atoms with Crippen LogP contribution in [0.4, 0.5) is 4.79 Å². The Morgan fingerprint density at radius 2 is 1.47 bits per heavy atom. The van der Waals surface area contributed by atoms with Crippen LogP contribution in [0.15, 0.2) is 48.5 Å². The van der Waals surface area contributed by atoms with Gasteiger partial charge in [0.25, 0.3) is 0 Å². The first kappa shape index (κ1) is 22.4.